The molecule has 692 valence electrons. The molecule has 0 aliphatic rings. The van der Waals surface area contributed by atoms with E-state index in [-0.39, 0.29) is 89.2 Å². The number of hydrogen-bond acceptors (Lipinski definition) is 24. The van der Waals surface area contributed by atoms with E-state index in [4.69, 9.17) is 45.9 Å². The Bertz CT molecular complexity index is 3960. The second kappa shape index (κ2) is 56.2. The van der Waals surface area contributed by atoms with Gasteiger partial charge in [-0.3, -0.25) is 106 Å². The van der Waals surface area contributed by atoms with Gasteiger partial charge in [-0.2, -0.15) is 0 Å². The van der Waals surface area contributed by atoms with E-state index in [1.807, 2.05) is 5.32 Å². The number of nitrogens with one attached hydrogen (secondary N) is 15. The normalized spacial score (nSPS) is 14.8. The smallest absolute Gasteiger partial charge is 0.326 e. The third-order valence-corrected chi connectivity index (χ3v) is 19.2. The van der Waals surface area contributed by atoms with Crippen molar-refractivity contribution in [2.24, 2.45) is 79.5 Å². The molecular formula is C75H123N25O24. The molecule has 16 atom stereocenters. The number of primary amides is 3. The van der Waals surface area contributed by atoms with Gasteiger partial charge in [0.05, 0.1) is 38.9 Å². The molecule has 0 heterocycles. The zero-order valence-electron chi connectivity index (χ0n) is 70.8. The fourth-order valence-corrected chi connectivity index (χ4v) is 11.6. The number of amides is 18. The summed E-state index contributed by atoms with van der Waals surface area (Å²) in [6.45, 7) is 11.3. The molecule has 0 fully saturated rings. The first-order valence-corrected chi connectivity index (χ1v) is 39.9. The molecule has 0 bridgehead atoms. The molecule has 0 saturated heterocycles. The summed E-state index contributed by atoms with van der Waals surface area (Å²) in [7, 11) is 0. The molecule has 0 unspecified atom stereocenters. The lowest BCUT2D eigenvalue weighted by Crippen LogP contribution is -2.61. The molecule has 34 N–H and O–H groups in total. The number of nitrogens with two attached hydrogens (primary N) is 8. The molecule has 0 aliphatic carbocycles. The molecule has 124 heavy (non-hydrogen) atoms. The fraction of sp³-hybridized carbons (Fsp3) is 0.613. The Labute approximate surface area is 714 Å². The molecule has 0 spiro atoms. The van der Waals surface area contributed by atoms with E-state index in [9.17, 15) is 116 Å². The van der Waals surface area contributed by atoms with Crippen LogP contribution in [0.1, 0.15) is 158 Å². The minimum absolute atomic E-state index is 0.0159. The van der Waals surface area contributed by atoms with Crippen LogP contribution in [-0.2, 0) is 107 Å². The van der Waals surface area contributed by atoms with Crippen molar-refractivity contribution in [2.75, 3.05) is 32.7 Å². The van der Waals surface area contributed by atoms with Gasteiger partial charge < -0.3 is 141 Å². The van der Waals surface area contributed by atoms with Crippen LogP contribution in [0.3, 0.4) is 0 Å². The first-order chi connectivity index (χ1) is 58.1. The zero-order valence-corrected chi connectivity index (χ0v) is 70.8. The summed E-state index contributed by atoms with van der Waals surface area (Å²) in [5.74, 6) is -27.4. The summed E-state index contributed by atoms with van der Waals surface area (Å²) in [6, 6.07) is -13.3. The summed E-state index contributed by atoms with van der Waals surface area (Å²) < 4.78 is 0. The average molecular weight is 1760 g/mol. The minimum Gasteiger partial charge on any atom is -0.481 e. The van der Waals surface area contributed by atoms with Gasteiger partial charge >= 0.3 is 17.9 Å². The van der Waals surface area contributed by atoms with E-state index in [2.05, 4.69) is 84.4 Å². The highest BCUT2D eigenvalue weighted by Gasteiger charge is 2.40. The maximum atomic E-state index is 14.5. The van der Waals surface area contributed by atoms with Crippen LogP contribution in [0, 0.1) is 23.7 Å². The third kappa shape index (κ3) is 42.2. The van der Waals surface area contributed by atoms with Crippen molar-refractivity contribution in [1.29, 1.82) is 0 Å². The van der Waals surface area contributed by atoms with Crippen LogP contribution in [-0.4, -0.2) is 263 Å². The molecule has 0 aliphatic heterocycles. The third-order valence-electron chi connectivity index (χ3n) is 19.2. The standard InChI is InChI=1S/C75H123N25O24/c1-10-36(6)58(70(120)87-34-54(106)91-47(30-55(107)108)67(117)95-48(31-56(109)110)68(118)99-59(37(7)11-2)71(121)96-46(29-51(79)103)66(116)93-44(73(123)124)21-17-27-85-75(82)83)100-72(122)60(38(8)12-3)98-61(111)39(9)88-65(115)45(28-40-18-14-13-15-19-40)94-63(113)43(23-25-50(78)102)92-62(112)41(20-16-26-84-74(80)81)90-53(105)33-86-69(119)57(35(4)5)97-64(114)42(22-24-49(77)101)89-52(104)32-76/h13-15,18-19,35-39,41-48,57-60H,10-12,16-17,20-34,76H2,1-9H3,(H2,77,101)(H2,78,102)(H2,79,103)(H,86,119)(H,87,120)(H,88,115)(H,89,104)(H,90,105)(H,91,106)(H,92,112)(H,93,116)(H,94,113)(H,95,117)(H,96,121)(H,97,114)(H,98,111)(H,99,118)(H,100,122)(H,107,108)(H,109,110)(H,123,124)(H4,80,81,84)(H4,82,83,85)/t36-,37-,38-,39-,41-,42-,43-,44-,45-,46-,47-,48-,57-,58-,59-,60-/m0/s1. The topological polar surface area (TPSA) is 832 Å². The molecule has 0 saturated carbocycles. The first-order valence-electron chi connectivity index (χ1n) is 39.9. The Morgan fingerprint density at radius 2 is 0.677 bits per heavy atom. The molecule has 1 aromatic carbocycles. The SMILES string of the molecule is CC[C@H](C)[C@H](NC(=O)[C@H](C)NC(=O)[C@H](Cc1ccccc1)NC(=O)[C@H](CCC(N)=O)NC(=O)[C@H](CCCN=C(N)N)NC(=O)CNC(=O)[C@@H](NC(=O)[C@H](CCC(N)=O)NC(=O)CN)C(C)C)C(=O)N[C@H](C(=O)NCC(=O)N[C@@H](CC(=O)O)C(=O)N[C@@H](CC(=O)O)C(=O)N[C@H](C(=O)N[C@@H](CC(N)=O)C(=O)N[C@@H](CCCN=C(N)N)C(=O)O)[C@@H](C)CC)[C@@H](C)CC. The minimum atomic E-state index is -2.14. The zero-order chi connectivity index (χ0) is 94.4. The first kappa shape index (κ1) is 109. The molecule has 1 aromatic rings. The van der Waals surface area contributed by atoms with Crippen molar-refractivity contribution >= 4 is 136 Å². The maximum absolute atomic E-state index is 14.5. The fourth-order valence-electron chi connectivity index (χ4n) is 11.6. The van der Waals surface area contributed by atoms with Gasteiger partial charge in [-0.1, -0.05) is 105 Å². The van der Waals surface area contributed by atoms with Crippen molar-refractivity contribution in [3.63, 3.8) is 0 Å². The highest BCUT2D eigenvalue weighted by atomic mass is 16.4. The highest BCUT2D eigenvalue weighted by Crippen LogP contribution is 2.17. The number of rotatable bonds is 60. The molecule has 0 aromatic heterocycles. The molecule has 49 nitrogen and oxygen atoms in total. The van der Waals surface area contributed by atoms with Crippen molar-refractivity contribution in [3.05, 3.63) is 35.9 Å². The Morgan fingerprint density at radius 1 is 0.347 bits per heavy atom. The number of hydrogen-bond donors (Lipinski definition) is 26. The van der Waals surface area contributed by atoms with E-state index in [1.54, 1.807) is 71.9 Å². The van der Waals surface area contributed by atoms with Crippen LogP contribution in [0.5, 0.6) is 0 Å². The average Bonchev–Trinajstić information content (AvgIpc) is 0.851. The Balaban J connectivity index is 3.54. The summed E-state index contributed by atoms with van der Waals surface area (Å²) in [5, 5.41) is 64.9. The number of aliphatic imine (C=N–C) groups is 2. The van der Waals surface area contributed by atoms with Crippen LogP contribution in [0.25, 0.3) is 0 Å². The molecule has 49 heteroatoms. The van der Waals surface area contributed by atoms with Gasteiger partial charge in [-0.15, -0.1) is 0 Å². The molecule has 0 radical (unpaired) electrons. The Hall–Kier alpha value is -13.4. The highest BCUT2D eigenvalue weighted by molar-refractivity contribution is 6.02. The number of guanidine groups is 2. The predicted molar refractivity (Wildman–Crippen MR) is 442 cm³/mol. The molecule has 1 rings (SSSR count). The van der Waals surface area contributed by atoms with Crippen molar-refractivity contribution in [1.82, 2.24) is 79.8 Å². The summed E-state index contributed by atoms with van der Waals surface area (Å²) in [4.78, 5) is 287. The van der Waals surface area contributed by atoms with Crippen LogP contribution in [0.15, 0.2) is 40.3 Å². The lowest BCUT2D eigenvalue weighted by molar-refractivity contribution is -0.143. The van der Waals surface area contributed by atoms with Gasteiger partial charge in [0.1, 0.15) is 78.5 Å². The number of nitrogens with zero attached hydrogens (tertiary/aromatic N) is 2. The van der Waals surface area contributed by atoms with Crippen LogP contribution < -0.4 is 126 Å². The maximum Gasteiger partial charge on any atom is 0.326 e. The largest absolute Gasteiger partial charge is 0.481 e. The van der Waals surface area contributed by atoms with Crippen molar-refractivity contribution in [3.8, 4) is 0 Å². The van der Waals surface area contributed by atoms with Gasteiger partial charge in [0.2, 0.25) is 106 Å². The summed E-state index contributed by atoms with van der Waals surface area (Å²) >= 11 is 0. The van der Waals surface area contributed by atoms with Gasteiger partial charge in [-0.25, -0.2) is 4.79 Å². The number of carbonyl (C=O) groups excluding carboxylic acids is 18. The van der Waals surface area contributed by atoms with Crippen LogP contribution in [0.4, 0.5) is 0 Å². The number of benzene rings is 1. The molecular weight excluding hydrogens is 1630 g/mol. The second-order valence-electron chi connectivity index (χ2n) is 29.7. The van der Waals surface area contributed by atoms with E-state index < -0.39 is 278 Å². The van der Waals surface area contributed by atoms with Gasteiger partial charge in [0, 0.05) is 32.4 Å². The summed E-state index contributed by atoms with van der Waals surface area (Å²) in [5.41, 5.74) is 43.6. The van der Waals surface area contributed by atoms with Gasteiger partial charge in [0.15, 0.2) is 11.9 Å². The quantitative estimate of drug-likeness (QED) is 0.0164. The number of aliphatic carboxylic acids is 3. The monoisotopic (exact) mass is 1760 g/mol. The molecule has 18 amide bonds. The Morgan fingerprint density at radius 3 is 1.11 bits per heavy atom. The van der Waals surface area contributed by atoms with E-state index in [1.165, 1.54) is 20.8 Å². The lowest BCUT2D eigenvalue weighted by atomic mass is 9.94. The van der Waals surface area contributed by atoms with E-state index >= 15 is 0 Å². The number of carboxylic acid groups (broad SMARTS) is 3. The van der Waals surface area contributed by atoms with Gasteiger partial charge in [-0.05, 0) is 74.7 Å². The Kier molecular flexibility index (Phi) is 49.3. The summed E-state index contributed by atoms with van der Waals surface area (Å²) in [6.07, 6.45) is -5.10. The van der Waals surface area contributed by atoms with Crippen LogP contribution >= 0.6 is 0 Å². The number of carbonyl (C=O) groups is 21. The van der Waals surface area contributed by atoms with Crippen molar-refractivity contribution in [2.45, 2.75) is 237 Å². The lowest BCUT2D eigenvalue weighted by Gasteiger charge is -2.30. The van der Waals surface area contributed by atoms with Crippen LogP contribution in [0.2, 0.25) is 0 Å². The second-order valence-corrected chi connectivity index (χ2v) is 29.7. The predicted octanol–water partition coefficient (Wildman–Crippen LogP) is -9.92. The van der Waals surface area contributed by atoms with E-state index in [0.717, 1.165) is 0 Å². The van der Waals surface area contributed by atoms with Crippen molar-refractivity contribution < 1.29 is 116 Å². The van der Waals surface area contributed by atoms with Gasteiger partial charge in [0.25, 0.3) is 0 Å². The van der Waals surface area contributed by atoms with E-state index in [0.29, 0.717) is 5.56 Å². The number of carboxylic acids is 3.